The SMILES string of the molecule is [B]C(=C(C)CC)c1c(C)cc(OC2=CN=CCC=C2)nc1Oc1ccc2c(c1)C(=C)CN=C2N1CCOCC1. The zero-order chi connectivity index (χ0) is 27.4. The minimum Gasteiger partial charge on any atom is -0.438 e. The molecular formula is C31H33BN4O3. The first-order chi connectivity index (χ1) is 18.9. The number of allylic oxidation sites excluding steroid dienone is 3. The van der Waals surface area contributed by atoms with Crippen molar-refractivity contribution < 1.29 is 14.2 Å². The van der Waals surface area contributed by atoms with Crippen molar-refractivity contribution in [1.29, 1.82) is 0 Å². The first-order valence-corrected chi connectivity index (χ1v) is 13.4. The summed E-state index contributed by atoms with van der Waals surface area (Å²) in [7, 11) is 6.62. The van der Waals surface area contributed by atoms with Gasteiger partial charge in [0.25, 0.3) is 0 Å². The Labute approximate surface area is 231 Å². The van der Waals surface area contributed by atoms with E-state index in [1.54, 1.807) is 6.20 Å². The van der Waals surface area contributed by atoms with Gasteiger partial charge in [-0.1, -0.05) is 30.6 Å². The summed E-state index contributed by atoms with van der Waals surface area (Å²) in [6.07, 6.45) is 8.94. The Balaban J connectivity index is 1.52. The van der Waals surface area contributed by atoms with Crippen LogP contribution in [0.1, 0.15) is 48.9 Å². The fraction of sp³-hybridized carbons (Fsp3) is 0.323. The number of nitrogens with zero attached hydrogens (tertiary/aromatic N) is 4. The molecule has 3 aliphatic heterocycles. The molecule has 0 unspecified atom stereocenters. The number of fused-ring (bicyclic) bond motifs is 1. The fourth-order valence-electron chi connectivity index (χ4n) is 4.70. The smallest absolute Gasteiger partial charge is 0.229 e. The number of hydrogen-bond acceptors (Lipinski definition) is 7. The lowest BCUT2D eigenvalue weighted by Crippen LogP contribution is -2.42. The predicted octanol–water partition coefficient (Wildman–Crippen LogP) is 5.85. The quantitative estimate of drug-likeness (QED) is 0.447. The van der Waals surface area contributed by atoms with Crippen LogP contribution in [0.5, 0.6) is 17.5 Å². The molecule has 0 atom stereocenters. The second-order valence-corrected chi connectivity index (χ2v) is 9.76. The number of rotatable bonds is 6. The van der Waals surface area contributed by atoms with E-state index in [9.17, 15) is 0 Å². The van der Waals surface area contributed by atoms with Crippen LogP contribution in [0.15, 0.2) is 70.5 Å². The van der Waals surface area contributed by atoms with Crippen molar-refractivity contribution in [2.75, 3.05) is 32.8 Å². The third-order valence-corrected chi connectivity index (χ3v) is 7.03. The Morgan fingerprint density at radius 3 is 2.77 bits per heavy atom. The molecule has 0 spiro atoms. The number of ether oxygens (including phenoxy) is 3. The van der Waals surface area contributed by atoms with Gasteiger partial charge < -0.3 is 19.1 Å². The highest BCUT2D eigenvalue weighted by molar-refractivity contribution is 6.43. The van der Waals surface area contributed by atoms with Gasteiger partial charge in [0.1, 0.15) is 25.2 Å². The Morgan fingerprint density at radius 2 is 1.97 bits per heavy atom. The molecule has 0 aliphatic carbocycles. The van der Waals surface area contributed by atoms with Gasteiger partial charge in [-0.15, -0.1) is 0 Å². The predicted molar refractivity (Wildman–Crippen MR) is 158 cm³/mol. The highest BCUT2D eigenvalue weighted by Gasteiger charge is 2.24. The second kappa shape index (κ2) is 11.9. The van der Waals surface area contributed by atoms with Gasteiger partial charge in [0.05, 0.1) is 26.0 Å². The number of amidine groups is 1. The molecular weight excluding hydrogens is 487 g/mol. The normalized spacial score (nSPS) is 17.6. The zero-order valence-corrected chi connectivity index (χ0v) is 22.9. The third-order valence-electron chi connectivity index (χ3n) is 7.03. The third kappa shape index (κ3) is 5.91. The van der Waals surface area contributed by atoms with E-state index in [4.69, 9.17) is 32.0 Å². The van der Waals surface area contributed by atoms with E-state index in [1.807, 2.05) is 56.5 Å². The maximum absolute atomic E-state index is 6.62. The van der Waals surface area contributed by atoms with Crippen LogP contribution in [0.4, 0.5) is 0 Å². The van der Waals surface area contributed by atoms with Crippen molar-refractivity contribution >= 4 is 30.9 Å². The highest BCUT2D eigenvalue weighted by atomic mass is 16.5. The lowest BCUT2D eigenvalue weighted by molar-refractivity contribution is 0.0682. The topological polar surface area (TPSA) is 68.5 Å². The molecule has 0 N–H and O–H groups in total. The summed E-state index contributed by atoms with van der Waals surface area (Å²) in [5.41, 5.74) is 6.41. The summed E-state index contributed by atoms with van der Waals surface area (Å²) >= 11 is 0. The van der Waals surface area contributed by atoms with Crippen LogP contribution < -0.4 is 9.47 Å². The Kier molecular flexibility index (Phi) is 8.12. The van der Waals surface area contributed by atoms with E-state index in [1.165, 1.54) is 0 Å². The Morgan fingerprint density at radius 1 is 1.15 bits per heavy atom. The maximum Gasteiger partial charge on any atom is 0.229 e. The first-order valence-electron chi connectivity index (χ1n) is 13.4. The van der Waals surface area contributed by atoms with E-state index in [2.05, 4.69) is 23.4 Å². The Bertz CT molecular complexity index is 1430. The van der Waals surface area contributed by atoms with Crippen LogP contribution in [0.2, 0.25) is 0 Å². The molecule has 4 heterocycles. The zero-order valence-electron chi connectivity index (χ0n) is 22.9. The molecule has 1 aromatic heterocycles. The van der Waals surface area contributed by atoms with Gasteiger partial charge in [0.2, 0.25) is 11.8 Å². The molecule has 2 aromatic rings. The summed E-state index contributed by atoms with van der Waals surface area (Å²) in [5.74, 6) is 3.02. The van der Waals surface area contributed by atoms with Gasteiger partial charge in [-0.05, 0) is 61.2 Å². The van der Waals surface area contributed by atoms with Crippen molar-refractivity contribution in [3.8, 4) is 17.5 Å². The maximum atomic E-state index is 6.62. The fourth-order valence-corrected chi connectivity index (χ4v) is 4.70. The van der Waals surface area contributed by atoms with E-state index in [-0.39, 0.29) is 0 Å². The number of morpholine rings is 1. The number of benzene rings is 1. The lowest BCUT2D eigenvalue weighted by atomic mass is 9.82. The van der Waals surface area contributed by atoms with Crippen molar-refractivity contribution in [2.45, 2.75) is 33.6 Å². The van der Waals surface area contributed by atoms with E-state index in [0.717, 1.165) is 65.2 Å². The standard InChI is InChI=1S/C31H33BN4O3/c1-5-20(2)29(32)28-21(3)16-27(38-24-8-6-7-11-33-19-24)35-31(28)39-23-9-10-25-26(17-23)22(4)18-34-30(25)36-12-14-37-15-13-36/h6,8-11,16-17,19H,4-5,7,12-15,18H2,1-3H3. The minimum absolute atomic E-state index is 0.389. The van der Waals surface area contributed by atoms with Crippen LogP contribution in [0.25, 0.3) is 11.0 Å². The van der Waals surface area contributed by atoms with Gasteiger partial charge in [0.15, 0.2) is 0 Å². The van der Waals surface area contributed by atoms with Crippen LogP contribution in [-0.2, 0) is 4.74 Å². The number of aliphatic imine (C=N–C) groups is 2. The largest absolute Gasteiger partial charge is 0.438 e. The van der Waals surface area contributed by atoms with Gasteiger partial charge >= 0.3 is 0 Å². The highest BCUT2D eigenvalue weighted by Crippen LogP contribution is 2.37. The second-order valence-electron chi connectivity index (χ2n) is 9.76. The average molecular weight is 520 g/mol. The first kappa shape index (κ1) is 26.7. The van der Waals surface area contributed by atoms with Crippen molar-refractivity contribution in [3.05, 3.63) is 82.8 Å². The molecule has 7 nitrogen and oxygen atoms in total. The molecule has 198 valence electrons. The van der Waals surface area contributed by atoms with Gasteiger partial charge in [-0.2, -0.15) is 4.98 Å². The number of aromatic nitrogens is 1. The molecule has 0 amide bonds. The van der Waals surface area contributed by atoms with Crippen molar-refractivity contribution in [1.82, 2.24) is 9.88 Å². The molecule has 1 saturated heterocycles. The van der Waals surface area contributed by atoms with E-state index >= 15 is 0 Å². The summed E-state index contributed by atoms with van der Waals surface area (Å²) in [5, 5.41) is 0. The van der Waals surface area contributed by atoms with Gasteiger partial charge in [-0.25, -0.2) is 0 Å². The number of pyridine rings is 1. The summed E-state index contributed by atoms with van der Waals surface area (Å²) in [6, 6.07) is 7.88. The molecule has 0 saturated carbocycles. The van der Waals surface area contributed by atoms with Crippen molar-refractivity contribution in [2.24, 2.45) is 9.98 Å². The number of hydrogen-bond donors (Lipinski definition) is 0. The monoisotopic (exact) mass is 520 g/mol. The van der Waals surface area contributed by atoms with Crippen LogP contribution in [0.3, 0.4) is 0 Å². The summed E-state index contributed by atoms with van der Waals surface area (Å²) in [4.78, 5) is 16.1. The molecule has 8 heteroatoms. The molecule has 39 heavy (non-hydrogen) atoms. The van der Waals surface area contributed by atoms with Crippen LogP contribution in [0, 0.1) is 6.92 Å². The minimum atomic E-state index is 0.389. The molecule has 0 bridgehead atoms. The van der Waals surface area contributed by atoms with E-state index in [0.29, 0.717) is 48.5 Å². The lowest BCUT2D eigenvalue weighted by Gasteiger charge is -2.33. The van der Waals surface area contributed by atoms with Crippen molar-refractivity contribution in [3.63, 3.8) is 0 Å². The molecule has 1 aromatic carbocycles. The average Bonchev–Trinajstić information content (AvgIpc) is 3.22. The van der Waals surface area contributed by atoms with Crippen LogP contribution in [-0.4, -0.2) is 62.6 Å². The molecule has 2 radical (unpaired) electrons. The summed E-state index contributed by atoms with van der Waals surface area (Å²) in [6.45, 7) is 14.0. The van der Waals surface area contributed by atoms with Gasteiger partial charge in [-0.3, -0.25) is 9.98 Å². The summed E-state index contributed by atoms with van der Waals surface area (Å²) < 4.78 is 18.1. The van der Waals surface area contributed by atoms with Gasteiger partial charge in [0, 0.05) is 42.9 Å². The Hall–Kier alpha value is -3.91. The van der Waals surface area contributed by atoms with Crippen LogP contribution >= 0.6 is 0 Å². The van der Waals surface area contributed by atoms with E-state index < -0.39 is 0 Å². The molecule has 5 rings (SSSR count). The number of aryl methyl sites for hydroxylation is 1. The molecule has 3 aliphatic rings. The molecule has 1 fully saturated rings.